The Morgan fingerprint density at radius 1 is 1.35 bits per heavy atom. The Kier molecular flexibility index (Phi) is 2.51. The normalized spacial score (nSPS) is 14.9. The molecule has 0 radical (unpaired) electrons. The molecule has 0 aliphatic heterocycles. The van der Waals surface area contributed by atoms with Gasteiger partial charge in [0.15, 0.2) is 0 Å². The van der Waals surface area contributed by atoms with Crippen molar-refractivity contribution in [1.82, 2.24) is 19.5 Å². The average molecular weight is 229 g/mol. The fraction of sp³-hybridized carbons (Fsp3) is 0.417. The van der Waals surface area contributed by atoms with E-state index in [4.69, 9.17) is 0 Å². The number of hydrogen-bond acceptors (Lipinski definition) is 4. The molecule has 1 fully saturated rings. The van der Waals surface area contributed by atoms with Crippen molar-refractivity contribution in [3.05, 3.63) is 36.2 Å². The third-order valence-electron chi connectivity index (χ3n) is 2.87. The molecule has 0 amide bonds. The Hall–Kier alpha value is -1.91. The summed E-state index contributed by atoms with van der Waals surface area (Å²) in [6, 6.07) is 2.57. The summed E-state index contributed by atoms with van der Waals surface area (Å²) in [5.41, 5.74) is 0.989. The van der Waals surface area contributed by atoms with E-state index >= 15 is 0 Å². The van der Waals surface area contributed by atoms with Crippen LogP contribution in [0.5, 0.6) is 0 Å². The predicted octanol–water partition coefficient (Wildman–Crippen LogP) is 1.93. The number of anilines is 1. The monoisotopic (exact) mass is 229 g/mol. The molecule has 1 saturated carbocycles. The molecule has 0 bridgehead atoms. The van der Waals surface area contributed by atoms with Gasteiger partial charge in [-0.2, -0.15) is 0 Å². The van der Waals surface area contributed by atoms with Gasteiger partial charge in [0, 0.05) is 24.6 Å². The summed E-state index contributed by atoms with van der Waals surface area (Å²) >= 11 is 0. The first-order valence-corrected chi connectivity index (χ1v) is 5.88. The smallest absolute Gasteiger partial charge is 0.203 e. The van der Waals surface area contributed by atoms with E-state index in [1.165, 1.54) is 12.8 Å². The molecular formula is C12H15N5. The van der Waals surface area contributed by atoms with Gasteiger partial charge in [-0.25, -0.2) is 15.0 Å². The third kappa shape index (κ3) is 2.27. The van der Waals surface area contributed by atoms with Crippen LogP contribution >= 0.6 is 0 Å². The van der Waals surface area contributed by atoms with Gasteiger partial charge in [-0.1, -0.05) is 0 Å². The minimum atomic E-state index is 0.645. The minimum Gasteiger partial charge on any atom is -0.350 e. The van der Waals surface area contributed by atoms with E-state index in [1.807, 2.05) is 25.4 Å². The zero-order chi connectivity index (χ0) is 11.7. The number of nitrogens with zero attached hydrogens (tertiary/aromatic N) is 4. The van der Waals surface area contributed by atoms with Crippen LogP contribution in [-0.4, -0.2) is 19.5 Å². The lowest BCUT2D eigenvalue weighted by Gasteiger charge is -2.08. The van der Waals surface area contributed by atoms with Crippen LogP contribution in [0.3, 0.4) is 0 Å². The van der Waals surface area contributed by atoms with E-state index in [-0.39, 0.29) is 0 Å². The van der Waals surface area contributed by atoms with Crippen molar-refractivity contribution in [3.8, 4) is 0 Å². The molecule has 0 saturated heterocycles. The maximum Gasteiger partial charge on any atom is 0.203 e. The molecule has 0 atom stereocenters. The molecule has 88 valence electrons. The summed E-state index contributed by atoms with van der Waals surface area (Å²) in [5.74, 6) is 1.73. The van der Waals surface area contributed by atoms with Gasteiger partial charge >= 0.3 is 0 Å². The van der Waals surface area contributed by atoms with E-state index in [1.54, 1.807) is 6.20 Å². The molecule has 0 aromatic carbocycles. The Balaban J connectivity index is 1.69. The molecule has 0 spiro atoms. The van der Waals surface area contributed by atoms with Gasteiger partial charge in [-0.05, 0) is 25.8 Å². The Labute approximate surface area is 99.9 Å². The highest BCUT2D eigenvalue weighted by molar-refractivity contribution is 5.28. The molecule has 5 nitrogen and oxygen atoms in total. The summed E-state index contributed by atoms with van der Waals surface area (Å²) in [6.07, 6.45) is 8.18. The van der Waals surface area contributed by atoms with Crippen molar-refractivity contribution in [2.75, 3.05) is 5.32 Å². The molecule has 1 aliphatic rings. The molecule has 1 aliphatic carbocycles. The van der Waals surface area contributed by atoms with E-state index in [0.29, 0.717) is 12.6 Å². The predicted molar refractivity (Wildman–Crippen MR) is 64.6 cm³/mol. The van der Waals surface area contributed by atoms with Crippen LogP contribution in [0.25, 0.3) is 0 Å². The number of aryl methyl sites for hydroxylation is 1. The van der Waals surface area contributed by atoms with Crippen LogP contribution in [-0.2, 0) is 6.54 Å². The van der Waals surface area contributed by atoms with Gasteiger partial charge in [-0.3, -0.25) is 0 Å². The first kappa shape index (κ1) is 10.3. The maximum atomic E-state index is 4.35. The Bertz CT molecular complexity index is 515. The second-order valence-electron chi connectivity index (χ2n) is 4.34. The second-order valence-corrected chi connectivity index (χ2v) is 4.34. The molecule has 17 heavy (non-hydrogen) atoms. The van der Waals surface area contributed by atoms with E-state index < -0.39 is 0 Å². The zero-order valence-corrected chi connectivity index (χ0v) is 9.80. The first-order chi connectivity index (χ1) is 8.33. The molecule has 2 aromatic heterocycles. The van der Waals surface area contributed by atoms with Crippen molar-refractivity contribution in [2.24, 2.45) is 0 Å². The topological polar surface area (TPSA) is 55.6 Å². The Morgan fingerprint density at radius 3 is 3.00 bits per heavy atom. The van der Waals surface area contributed by atoms with Crippen LogP contribution in [0.1, 0.15) is 30.4 Å². The lowest BCUT2D eigenvalue weighted by atomic mass is 10.4. The summed E-state index contributed by atoms with van der Waals surface area (Å²) in [6.45, 7) is 2.59. The highest BCUT2D eigenvalue weighted by Gasteiger charge is 2.25. The number of hydrogen-bond donors (Lipinski definition) is 1. The third-order valence-corrected chi connectivity index (χ3v) is 2.87. The van der Waals surface area contributed by atoms with Gasteiger partial charge in [0.1, 0.15) is 5.82 Å². The van der Waals surface area contributed by atoms with E-state index in [9.17, 15) is 0 Å². The quantitative estimate of drug-likeness (QED) is 0.870. The largest absolute Gasteiger partial charge is 0.350 e. The van der Waals surface area contributed by atoms with E-state index in [2.05, 4.69) is 24.8 Å². The van der Waals surface area contributed by atoms with Crippen molar-refractivity contribution in [1.29, 1.82) is 0 Å². The van der Waals surface area contributed by atoms with Crippen LogP contribution in [0.2, 0.25) is 0 Å². The summed E-state index contributed by atoms with van der Waals surface area (Å²) in [4.78, 5) is 12.8. The molecule has 0 unspecified atom stereocenters. The highest BCUT2D eigenvalue weighted by atomic mass is 15.2. The van der Waals surface area contributed by atoms with Gasteiger partial charge in [-0.15, -0.1) is 0 Å². The second kappa shape index (κ2) is 4.16. The highest BCUT2D eigenvalue weighted by Crippen LogP contribution is 2.36. The SMILES string of the molecule is Cc1nccc(CNc2nccn2C2CC2)n1. The van der Waals surface area contributed by atoms with Crippen LogP contribution in [0, 0.1) is 6.92 Å². The molecule has 5 heteroatoms. The number of aromatic nitrogens is 4. The van der Waals surface area contributed by atoms with Crippen molar-refractivity contribution >= 4 is 5.95 Å². The van der Waals surface area contributed by atoms with Crippen molar-refractivity contribution in [3.63, 3.8) is 0 Å². The lowest BCUT2D eigenvalue weighted by molar-refractivity contribution is 0.741. The fourth-order valence-corrected chi connectivity index (χ4v) is 1.87. The summed E-state index contributed by atoms with van der Waals surface area (Å²) in [5, 5.41) is 3.32. The molecule has 3 rings (SSSR count). The minimum absolute atomic E-state index is 0.645. The zero-order valence-electron chi connectivity index (χ0n) is 9.80. The number of nitrogens with one attached hydrogen (secondary N) is 1. The lowest BCUT2D eigenvalue weighted by Crippen LogP contribution is -2.08. The maximum absolute atomic E-state index is 4.35. The number of rotatable bonds is 4. The number of imidazole rings is 1. The first-order valence-electron chi connectivity index (χ1n) is 5.88. The van der Waals surface area contributed by atoms with Crippen LogP contribution in [0.4, 0.5) is 5.95 Å². The summed E-state index contributed by atoms with van der Waals surface area (Å²) in [7, 11) is 0. The van der Waals surface area contributed by atoms with Crippen molar-refractivity contribution < 1.29 is 0 Å². The Morgan fingerprint density at radius 2 is 2.24 bits per heavy atom. The van der Waals surface area contributed by atoms with Crippen molar-refractivity contribution in [2.45, 2.75) is 32.4 Å². The van der Waals surface area contributed by atoms with Gasteiger partial charge in [0.05, 0.1) is 12.2 Å². The molecule has 2 aromatic rings. The van der Waals surface area contributed by atoms with Crippen LogP contribution in [0.15, 0.2) is 24.7 Å². The van der Waals surface area contributed by atoms with Crippen LogP contribution < -0.4 is 5.32 Å². The van der Waals surface area contributed by atoms with Gasteiger partial charge in [0.2, 0.25) is 5.95 Å². The summed E-state index contributed by atoms with van der Waals surface area (Å²) < 4.78 is 2.20. The average Bonchev–Trinajstić information content (AvgIpc) is 3.06. The molecular weight excluding hydrogens is 214 g/mol. The molecule has 1 N–H and O–H groups in total. The standard InChI is InChI=1S/C12H15N5/c1-9-13-5-4-10(16-9)8-15-12-14-6-7-17(12)11-2-3-11/h4-7,11H,2-3,8H2,1H3,(H,14,15). The van der Waals surface area contributed by atoms with Gasteiger partial charge < -0.3 is 9.88 Å². The van der Waals surface area contributed by atoms with E-state index in [0.717, 1.165) is 17.5 Å². The molecule has 2 heterocycles. The van der Waals surface area contributed by atoms with Gasteiger partial charge in [0.25, 0.3) is 0 Å². The fourth-order valence-electron chi connectivity index (χ4n) is 1.87.